The Labute approximate surface area is 150 Å². The van der Waals surface area contributed by atoms with Crippen LogP contribution in [0.25, 0.3) is 0 Å². The predicted octanol–water partition coefficient (Wildman–Crippen LogP) is 2.29. The number of aromatic hydroxyl groups is 1. The fourth-order valence-corrected chi connectivity index (χ4v) is 2.75. The fourth-order valence-electron chi connectivity index (χ4n) is 2.75. The third-order valence-electron chi connectivity index (χ3n) is 4.02. The van der Waals surface area contributed by atoms with Gasteiger partial charge in [0.1, 0.15) is 12.4 Å². The number of aryl methyl sites for hydroxylation is 1. The van der Waals surface area contributed by atoms with Crippen LogP contribution in [0.1, 0.15) is 5.56 Å². The Morgan fingerprint density at radius 2 is 2.04 bits per heavy atom. The summed E-state index contributed by atoms with van der Waals surface area (Å²) in [6.45, 7) is 2.95. The molecule has 5 N–H and O–H groups in total. The first-order valence-electron chi connectivity index (χ1n) is 8.09. The zero-order valence-corrected chi connectivity index (χ0v) is 14.3. The quantitative estimate of drug-likeness (QED) is 0.497. The number of urea groups is 1. The second kappa shape index (κ2) is 7.32. The van der Waals surface area contributed by atoms with E-state index >= 15 is 0 Å². The Morgan fingerprint density at radius 3 is 2.77 bits per heavy atom. The van der Waals surface area contributed by atoms with E-state index in [9.17, 15) is 14.7 Å². The highest BCUT2D eigenvalue weighted by Gasteiger charge is 2.21. The summed E-state index contributed by atoms with van der Waals surface area (Å²) in [5, 5.41) is 14.8. The summed E-state index contributed by atoms with van der Waals surface area (Å²) >= 11 is 0. The molecule has 1 fully saturated rings. The number of carbonyl (C=O) groups excluding carboxylic acids is 2. The molecule has 0 unspecified atom stereocenters. The molecule has 3 amide bonds. The van der Waals surface area contributed by atoms with E-state index in [0.29, 0.717) is 30.2 Å². The topological polar surface area (TPSA) is 117 Å². The molecule has 2 aromatic carbocycles. The zero-order chi connectivity index (χ0) is 18.7. The SMILES string of the molecule is Cc1cc(NC(=O)Nc2cc(O)ccc2N)ccc1N1CCOCC1=O. The van der Waals surface area contributed by atoms with Gasteiger partial charge in [-0.2, -0.15) is 0 Å². The lowest BCUT2D eigenvalue weighted by atomic mass is 10.1. The van der Waals surface area contributed by atoms with Crippen LogP contribution >= 0.6 is 0 Å². The van der Waals surface area contributed by atoms with Crippen molar-refractivity contribution in [2.24, 2.45) is 0 Å². The van der Waals surface area contributed by atoms with Crippen molar-refractivity contribution in [3.8, 4) is 5.75 Å². The van der Waals surface area contributed by atoms with Crippen LogP contribution in [0.15, 0.2) is 36.4 Å². The van der Waals surface area contributed by atoms with Gasteiger partial charge in [0, 0.05) is 24.0 Å². The molecule has 0 radical (unpaired) electrons. The number of nitrogens with one attached hydrogen (secondary N) is 2. The van der Waals surface area contributed by atoms with Crippen molar-refractivity contribution in [3.63, 3.8) is 0 Å². The Kier molecular flexibility index (Phi) is 4.94. The van der Waals surface area contributed by atoms with Gasteiger partial charge < -0.3 is 31.1 Å². The molecular formula is C18H20N4O4. The number of anilines is 4. The molecule has 0 saturated carbocycles. The standard InChI is InChI=1S/C18H20N4O4/c1-11-8-12(2-5-16(11)22-6-7-26-10-17(22)24)20-18(25)21-15-9-13(23)3-4-14(15)19/h2-5,8-9,23H,6-7,10,19H2,1H3,(H2,20,21,25). The van der Waals surface area contributed by atoms with E-state index in [2.05, 4.69) is 10.6 Å². The maximum absolute atomic E-state index is 12.2. The number of ether oxygens (including phenoxy) is 1. The molecule has 1 aliphatic heterocycles. The number of phenolic OH excluding ortho intramolecular Hbond substituents is 1. The molecule has 26 heavy (non-hydrogen) atoms. The monoisotopic (exact) mass is 356 g/mol. The molecule has 0 bridgehead atoms. The van der Waals surface area contributed by atoms with Crippen molar-refractivity contribution in [1.29, 1.82) is 0 Å². The second-order valence-corrected chi connectivity index (χ2v) is 5.95. The number of hydrogen-bond donors (Lipinski definition) is 4. The average Bonchev–Trinajstić information content (AvgIpc) is 2.59. The maximum atomic E-state index is 12.2. The summed E-state index contributed by atoms with van der Waals surface area (Å²) in [6.07, 6.45) is 0. The van der Waals surface area contributed by atoms with E-state index in [1.54, 1.807) is 23.1 Å². The van der Waals surface area contributed by atoms with Crippen molar-refractivity contribution in [2.45, 2.75) is 6.92 Å². The number of rotatable bonds is 3. The number of amides is 3. The second-order valence-electron chi connectivity index (χ2n) is 5.95. The average molecular weight is 356 g/mol. The van der Waals surface area contributed by atoms with Crippen LogP contribution < -0.4 is 21.3 Å². The highest BCUT2D eigenvalue weighted by Crippen LogP contribution is 2.26. The largest absolute Gasteiger partial charge is 0.508 e. The van der Waals surface area contributed by atoms with Gasteiger partial charge in [0.15, 0.2) is 0 Å². The molecule has 3 rings (SSSR count). The van der Waals surface area contributed by atoms with E-state index in [4.69, 9.17) is 10.5 Å². The number of phenols is 1. The van der Waals surface area contributed by atoms with E-state index in [1.165, 1.54) is 18.2 Å². The molecule has 2 aromatic rings. The lowest BCUT2D eigenvalue weighted by Crippen LogP contribution is -2.42. The Hall–Kier alpha value is -3.26. The summed E-state index contributed by atoms with van der Waals surface area (Å²) in [7, 11) is 0. The Balaban J connectivity index is 1.70. The normalized spacial score (nSPS) is 14.2. The minimum absolute atomic E-state index is 0.00451. The van der Waals surface area contributed by atoms with Gasteiger partial charge in [-0.15, -0.1) is 0 Å². The number of benzene rings is 2. The smallest absolute Gasteiger partial charge is 0.323 e. The molecule has 1 aliphatic rings. The summed E-state index contributed by atoms with van der Waals surface area (Å²) in [5.74, 6) is -0.0814. The molecule has 0 aromatic heterocycles. The van der Waals surface area contributed by atoms with Gasteiger partial charge in [-0.25, -0.2) is 4.79 Å². The number of nitrogens with zero attached hydrogens (tertiary/aromatic N) is 1. The van der Waals surface area contributed by atoms with Gasteiger partial charge in [-0.3, -0.25) is 4.79 Å². The van der Waals surface area contributed by atoms with Crippen LogP contribution in [0.5, 0.6) is 5.75 Å². The molecule has 136 valence electrons. The molecule has 0 atom stereocenters. The van der Waals surface area contributed by atoms with Crippen LogP contribution in [0, 0.1) is 6.92 Å². The minimum atomic E-state index is -0.489. The van der Waals surface area contributed by atoms with Crippen molar-refractivity contribution in [1.82, 2.24) is 0 Å². The van der Waals surface area contributed by atoms with Gasteiger partial charge in [0.05, 0.1) is 18.0 Å². The first-order valence-corrected chi connectivity index (χ1v) is 8.09. The molecule has 1 heterocycles. The lowest BCUT2D eigenvalue weighted by Gasteiger charge is -2.28. The molecule has 0 spiro atoms. The van der Waals surface area contributed by atoms with Crippen molar-refractivity contribution in [2.75, 3.05) is 41.0 Å². The van der Waals surface area contributed by atoms with Crippen LogP contribution in [0.2, 0.25) is 0 Å². The van der Waals surface area contributed by atoms with E-state index < -0.39 is 6.03 Å². The van der Waals surface area contributed by atoms with Gasteiger partial charge in [0.25, 0.3) is 5.91 Å². The summed E-state index contributed by atoms with van der Waals surface area (Å²) in [6, 6.07) is 9.11. The fraction of sp³-hybridized carbons (Fsp3) is 0.222. The van der Waals surface area contributed by atoms with E-state index in [-0.39, 0.29) is 18.3 Å². The molecule has 8 nitrogen and oxygen atoms in total. The molecule has 8 heteroatoms. The Bertz CT molecular complexity index is 853. The van der Waals surface area contributed by atoms with Gasteiger partial charge in [-0.1, -0.05) is 0 Å². The Morgan fingerprint density at radius 1 is 1.23 bits per heavy atom. The van der Waals surface area contributed by atoms with Crippen molar-refractivity contribution in [3.05, 3.63) is 42.0 Å². The summed E-state index contributed by atoms with van der Waals surface area (Å²) in [4.78, 5) is 25.8. The summed E-state index contributed by atoms with van der Waals surface area (Å²) < 4.78 is 5.14. The third-order valence-corrected chi connectivity index (χ3v) is 4.02. The first kappa shape index (κ1) is 17.6. The third kappa shape index (κ3) is 3.86. The van der Waals surface area contributed by atoms with Gasteiger partial charge in [0.2, 0.25) is 0 Å². The molecule has 1 saturated heterocycles. The highest BCUT2D eigenvalue weighted by atomic mass is 16.5. The first-order chi connectivity index (χ1) is 12.4. The molecule has 0 aliphatic carbocycles. The highest BCUT2D eigenvalue weighted by molar-refractivity contribution is 6.02. The van der Waals surface area contributed by atoms with Gasteiger partial charge in [-0.05, 0) is 42.8 Å². The van der Waals surface area contributed by atoms with Gasteiger partial charge >= 0.3 is 6.03 Å². The van der Waals surface area contributed by atoms with Crippen molar-refractivity contribution < 1.29 is 19.4 Å². The number of hydrogen-bond acceptors (Lipinski definition) is 5. The predicted molar refractivity (Wildman–Crippen MR) is 99.5 cm³/mol. The number of nitrogens with two attached hydrogens (primary N) is 1. The zero-order valence-electron chi connectivity index (χ0n) is 14.3. The number of carbonyl (C=O) groups is 2. The van der Waals surface area contributed by atoms with E-state index in [0.717, 1.165) is 11.3 Å². The van der Waals surface area contributed by atoms with Crippen LogP contribution in [-0.4, -0.2) is 36.8 Å². The van der Waals surface area contributed by atoms with Crippen LogP contribution in [-0.2, 0) is 9.53 Å². The summed E-state index contributed by atoms with van der Waals surface area (Å²) in [5.41, 5.74) is 8.65. The van der Waals surface area contributed by atoms with Crippen LogP contribution in [0.3, 0.4) is 0 Å². The van der Waals surface area contributed by atoms with Crippen LogP contribution in [0.4, 0.5) is 27.5 Å². The van der Waals surface area contributed by atoms with Crippen molar-refractivity contribution >= 4 is 34.7 Å². The number of nitrogen functional groups attached to an aromatic ring is 1. The number of morpholine rings is 1. The maximum Gasteiger partial charge on any atom is 0.323 e. The molecular weight excluding hydrogens is 336 g/mol. The minimum Gasteiger partial charge on any atom is -0.508 e. The van der Waals surface area contributed by atoms with E-state index in [1.807, 2.05) is 6.92 Å². The lowest BCUT2D eigenvalue weighted by molar-refractivity contribution is -0.125.